The highest BCUT2D eigenvalue weighted by atomic mass is 32.2. The number of sulfonamides is 1. The molecule has 0 unspecified atom stereocenters. The Morgan fingerprint density at radius 1 is 1.30 bits per heavy atom. The lowest BCUT2D eigenvalue weighted by molar-refractivity contribution is -0.127. The number of nitrogens with one attached hydrogen (secondary N) is 1. The molecule has 1 aliphatic rings. The molecule has 0 heterocycles. The Hall–Kier alpha value is -1.54. The summed E-state index contributed by atoms with van der Waals surface area (Å²) in [5.74, 6) is -2.08. The highest BCUT2D eigenvalue weighted by Gasteiger charge is 2.45. The molecule has 1 aromatic rings. The third-order valence-electron chi connectivity index (χ3n) is 4.25. The molecule has 8 heteroatoms. The fraction of sp³-hybridized carbons (Fsp3) is 0.533. The predicted molar refractivity (Wildman–Crippen MR) is 82.1 cm³/mol. The third kappa shape index (κ3) is 3.37. The summed E-state index contributed by atoms with van der Waals surface area (Å²) in [5, 5.41) is -1.29. The highest BCUT2D eigenvalue weighted by Crippen LogP contribution is 2.43. The summed E-state index contributed by atoms with van der Waals surface area (Å²) in [6.45, 7) is 1.29. The van der Waals surface area contributed by atoms with Gasteiger partial charge in [0.25, 0.3) is 0 Å². The summed E-state index contributed by atoms with van der Waals surface area (Å²) in [7, 11) is -1.07. The van der Waals surface area contributed by atoms with Gasteiger partial charge in [-0.1, -0.05) is 6.07 Å². The van der Waals surface area contributed by atoms with Crippen LogP contribution in [0.4, 0.5) is 8.78 Å². The molecule has 2 rings (SSSR count). The molecule has 0 aliphatic heterocycles. The SMILES string of the molecule is C[C@@H](C(=O)N(C)C)S(=O)(=O)NC1(c2ccc(F)cc2F)CCC1. The van der Waals surface area contributed by atoms with Crippen LogP contribution in [0.3, 0.4) is 0 Å². The van der Waals surface area contributed by atoms with Gasteiger partial charge in [0.2, 0.25) is 15.9 Å². The number of hydrogen-bond donors (Lipinski definition) is 1. The molecular formula is C15H20F2N2O3S. The van der Waals surface area contributed by atoms with Crippen LogP contribution in [0, 0.1) is 11.6 Å². The minimum atomic E-state index is -4.00. The van der Waals surface area contributed by atoms with Crippen molar-refractivity contribution in [1.82, 2.24) is 9.62 Å². The van der Waals surface area contributed by atoms with Gasteiger partial charge in [-0.3, -0.25) is 4.79 Å². The largest absolute Gasteiger partial charge is 0.348 e. The van der Waals surface area contributed by atoms with E-state index < -0.39 is 38.4 Å². The van der Waals surface area contributed by atoms with Crippen LogP contribution in [0.1, 0.15) is 31.7 Å². The average molecular weight is 346 g/mol. The van der Waals surface area contributed by atoms with Gasteiger partial charge in [-0.05, 0) is 32.3 Å². The normalized spacial score (nSPS) is 18.1. The quantitative estimate of drug-likeness (QED) is 0.883. The van der Waals surface area contributed by atoms with Crippen LogP contribution in [-0.4, -0.2) is 38.6 Å². The van der Waals surface area contributed by atoms with Gasteiger partial charge in [0.1, 0.15) is 11.6 Å². The van der Waals surface area contributed by atoms with E-state index >= 15 is 0 Å². The summed E-state index contributed by atoms with van der Waals surface area (Å²) in [5.41, 5.74) is -1.00. The predicted octanol–water partition coefficient (Wildman–Crippen LogP) is 1.74. The molecule has 1 saturated carbocycles. The van der Waals surface area contributed by atoms with Crippen LogP contribution in [0.2, 0.25) is 0 Å². The van der Waals surface area contributed by atoms with Crippen molar-refractivity contribution >= 4 is 15.9 Å². The Morgan fingerprint density at radius 2 is 1.91 bits per heavy atom. The lowest BCUT2D eigenvalue weighted by atomic mass is 9.72. The maximum atomic E-state index is 14.1. The summed E-state index contributed by atoms with van der Waals surface area (Å²) in [4.78, 5) is 13.1. The van der Waals surface area contributed by atoms with E-state index in [1.54, 1.807) is 0 Å². The molecular weight excluding hydrogens is 326 g/mol. The lowest BCUT2D eigenvalue weighted by Gasteiger charge is -2.43. The zero-order valence-electron chi connectivity index (χ0n) is 13.3. The molecule has 0 radical (unpaired) electrons. The Bertz CT molecular complexity index is 715. The molecule has 1 fully saturated rings. The molecule has 128 valence electrons. The molecule has 0 saturated heterocycles. The van der Waals surface area contributed by atoms with Gasteiger partial charge in [-0.15, -0.1) is 0 Å². The molecule has 5 nitrogen and oxygen atoms in total. The highest BCUT2D eigenvalue weighted by molar-refractivity contribution is 7.90. The first kappa shape index (κ1) is 17.8. The summed E-state index contributed by atoms with van der Waals surface area (Å²) in [6.07, 6.45) is 1.52. The Labute approximate surface area is 134 Å². The van der Waals surface area contributed by atoms with Crippen LogP contribution >= 0.6 is 0 Å². The van der Waals surface area contributed by atoms with Crippen molar-refractivity contribution in [3.05, 3.63) is 35.4 Å². The van der Waals surface area contributed by atoms with Gasteiger partial charge in [0.15, 0.2) is 5.25 Å². The van der Waals surface area contributed by atoms with Gasteiger partial charge < -0.3 is 4.90 Å². The van der Waals surface area contributed by atoms with Crippen LogP contribution < -0.4 is 4.72 Å². The number of carbonyl (C=O) groups is 1. The van der Waals surface area contributed by atoms with Gasteiger partial charge >= 0.3 is 0 Å². The zero-order valence-corrected chi connectivity index (χ0v) is 14.1. The van der Waals surface area contributed by atoms with E-state index in [0.29, 0.717) is 12.8 Å². The van der Waals surface area contributed by atoms with Gasteiger partial charge in [-0.25, -0.2) is 21.9 Å². The first-order chi connectivity index (χ1) is 10.6. The maximum Gasteiger partial charge on any atom is 0.241 e. The summed E-state index contributed by atoms with van der Waals surface area (Å²) in [6, 6.07) is 3.09. The Balaban J connectivity index is 2.33. The van der Waals surface area contributed by atoms with Gasteiger partial charge in [-0.2, -0.15) is 0 Å². The number of amides is 1. The van der Waals surface area contributed by atoms with Crippen molar-refractivity contribution in [1.29, 1.82) is 0 Å². The third-order valence-corrected chi connectivity index (χ3v) is 6.05. The van der Waals surface area contributed by atoms with Crippen molar-refractivity contribution < 1.29 is 22.0 Å². The van der Waals surface area contributed by atoms with Crippen LogP contribution in [0.5, 0.6) is 0 Å². The number of hydrogen-bond acceptors (Lipinski definition) is 3. The smallest absolute Gasteiger partial charge is 0.241 e. The monoisotopic (exact) mass is 346 g/mol. The van der Waals surface area contributed by atoms with Gasteiger partial charge in [0.05, 0.1) is 5.54 Å². The first-order valence-corrected chi connectivity index (χ1v) is 8.83. The van der Waals surface area contributed by atoms with Crippen LogP contribution in [0.15, 0.2) is 18.2 Å². The second kappa shape index (κ2) is 6.16. The van der Waals surface area contributed by atoms with E-state index in [0.717, 1.165) is 18.6 Å². The molecule has 0 bridgehead atoms. The number of carbonyl (C=O) groups excluding carboxylic acids is 1. The van der Waals surface area contributed by atoms with E-state index in [9.17, 15) is 22.0 Å². The number of nitrogens with zero attached hydrogens (tertiary/aromatic N) is 1. The van der Waals surface area contributed by atoms with E-state index in [-0.39, 0.29) is 5.56 Å². The Kier molecular flexibility index (Phi) is 4.77. The second-order valence-corrected chi connectivity index (χ2v) is 8.08. The molecule has 1 aliphatic carbocycles. The molecule has 1 atom stereocenters. The summed E-state index contributed by atoms with van der Waals surface area (Å²) < 4.78 is 54.6. The van der Waals surface area contributed by atoms with E-state index in [1.807, 2.05) is 0 Å². The minimum absolute atomic E-state index is 0.109. The standard InChI is InChI=1S/C15H20F2N2O3S/c1-10(14(20)19(2)3)23(21,22)18-15(7-4-8-15)12-6-5-11(16)9-13(12)17/h5-6,9-10,18H,4,7-8H2,1-3H3/t10-/m0/s1. The number of halogens is 2. The van der Waals surface area contributed by atoms with E-state index in [1.165, 1.54) is 32.0 Å². The topological polar surface area (TPSA) is 66.5 Å². The van der Waals surface area contributed by atoms with Crippen molar-refractivity contribution in [2.24, 2.45) is 0 Å². The molecule has 1 amide bonds. The van der Waals surface area contributed by atoms with Crippen LogP contribution in [0.25, 0.3) is 0 Å². The fourth-order valence-corrected chi connectivity index (χ4v) is 4.20. The van der Waals surface area contributed by atoms with Crippen molar-refractivity contribution in [2.75, 3.05) is 14.1 Å². The Morgan fingerprint density at radius 3 is 2.35 bits per heavy atom. The minimum Gasteiger partial charge on any atom is -0.348 e. The van der Waals surface area contributed by atoms with Crippen LogP contribution in [-0.2, 0) is 20.4 Å². The van der Waals surface area contributed by atoms with E-state index in [2.05, 4.69) is 4.72 Å². The van der Waals surface area contributed by atoms with Crippen molar-refractivity contribution in [2.45, 2.75) is 37.0 Å². The zero-order chi connectivity index (χ0) is 17.4. The summed E-state index contributed by atoms with van der Waals surface area (Å²) >= 11 is 0. The lowest BCUT2D eigenvalue weighted by Crippen LogP contribution is -2.55. The average Bonchev–Trinajstić information content (AvgIpc) is 2.41. The van der Waals surface area contributed by atoms with Crippen molar-refractivity contribution in [3.63, 3.8) is 0 Å². The molecule has 0 spiro atoms. The van der Waals surface area contributed by atoms with E-state index in [4.69, 9.17) is 0 Å². The second-order valence-electron chi connectivity index (χ2n) is 6.08. The first-order valence-electron chi connectivity index (χ1n) is 7.28. The van der Waals surface area contributed by atoms with Gasteiger partial charge in [0, 0.05) is 25.7 Å². The number of rotatable bonds is 5. The molecule has 1 N–H and O–H groups in total. The molecule has 0 aromatic heterocycles. The molecule has 23 heavy (non-hydrogen) atoms. The number of benzene rings is 1. The molecule has 1 aromatic carbocycles. The van der Waals surface area contributed by atoms with Crippen molar-refractivity contribution in [3.8, 4) is 0 Å². The fourth-order valence-electron chi connectivity index (χ4n) is 2.69. The maximum absolute atomic E-state index is 14.1.